The van der Waals surface area contributed by atoms with Crippen molar-refractivity contribution in [2.75, 3.05) is 13.2 Å². The second-order valence-corrected chi connectivity index (χ2v) is 6.20. The third-order valence-electron chi connectivity index (χ3n) is 2.41. The highest BCUT2D eigenvalue weighted by atomic mass is 31.2. The second-order valence-electron chi connectivity index (χ2n) is 4.14. The first-order valence-corrected chi connectivity index (χ1v) is 7.94. The minimum atomic E-state index is -5.07. The third-order valence-corrected chi connectivity index (χ3v) is 4.44. The Hall–Kier alpha value is -1.11. The molecule has 0 saturated heterocycles. The molecule has 1 rings (SSSR count). The van der Waals surface area contributed by atoms with Crippen molar-refractivity contribution in [3.05, 3.63) is 23.2 Å². The predicted molar refractivity (Wildman–Crippen MR) is 68.4 cm³/mol. The predicted octanol–water partition coefficient (Wildman–Crippen LogP) is 4.10. The molecule has 0 fully saturated rings. The maximum atomic E-state index is 12.5. The van der Waals surface area contributed by atoms with Crippen LogP contribution < -0.4 is 0 Å². The molecule has 21 heavy (non-hydrogen) atoms. The van der Waals surface area contributed by atoms with Crippen molar-refractivity contribution in [1.82, 2.24) is 0 Å². The van der Waals surface area contributed by atoms with Gasteiger partial charge in [0.25, 0.3) is 0 Å². The number of hydrogen-bond donors (Lipinski definition) is 0. The monoisotopic (exact) mass is 328 g/mol. The molecule has 0 unspecified atom stereocenters. The lowest BCUT2D eigenvalue weighted by atomic mass is 10.2. The van der Waals surface area contributed by atoms with E-state index in [2.05, 4.69) is 0 Å². The molecule has 0 bridgehead atoms. The molecule has 9 heteroatoms. The molecule has 0 spiro atoms. The average molecular weight is 328 g/mol. The molecule has 1 aromatic rings. The molecule has 120 valence electrons. The summed E-state index contributed by atoms with van der Waals surface area (Å²) in [6, 6.07) is 1.23. The fourth-order valence-electron chi connectivity index (χ4n) is 1.74. The Morgan fingerprint density at radius 1 is 1.29 bits per heavy atom. The molecule has 0 aliphatic carbocycles. The number of carbonyl (C=O) groups excluding carboxylic acids is 1. The Morgan fingerprint density at radius 2 is 1.81 bits per heavy atom. The van der Waals surface area contributed by atoms with Crippen LogP contribution in [0, 0.1) is 6.92 Å². The van der Waals surface area contributed by atoms with Gasteiger partial charge in [0.05, 0.1) is 19.4 Å². The summed E-state index contributed by atoms with van der Waals surface area (Å²) in [5.74, 6) is -2.89. The molecule has 1 heterocycles. The van der Waals surface area contributed by atoms with Crippen LogP contribution in [0.3, 0.4) is 0 Å². The van der Waals surface area contributed by atoms with Crippen molar-refractivity contribution in [1.29, 1.82) is 0 Å². The lowest BCUT2D eigenvalue weighted by molar-refractivity contribution is -0.0900. The molecule has 0 amide bonds. The number of Topliss-reactive ketones (excluding diaryl/α,β-unsaturated/α-hetero) is 1. The zero-order valence-corrected chi connectivity index (χ0v) is 12.7. The Bertz CT molecular complexity index is 540. The lowest BCUT2D eigenvalue weighted by Gasteiger charge is -2.16. The molecule has 5 nitrogen and oxygen atoms in total. The van der Waals surface area contributed by atoms with Gasteiger partial charge in [0.1, 0.15) is 5.76 Å². The van der Waals surface area contributed by atoms with Gasteiger partial charge >= 0.3 is 19.6 Å². The van der Waals surface area contributed by atoms with Crippen molar-refractivity contribution in [2.45, 2.75) is 33.1 Å². The van der Waals surface area contributed by atoms with Crippen LogP contribution in [-0.4, -0.2) is 25.2 Å². The maximum absolute atomic E-state index is 12.5. The van der Waals surface area contributed by atoms with E-state index in [0.717, 1.165) is 0 Å². The smallest absolute Gasteiger partial charge is 0.458 e. The van der Waals surface area contributed by atoms with E-state index in [1.54, 1.807) is 13.8 Å². The lowest BCUT2D eigenvalue weighted by Crippen LogP contribution is -2.23. The summed E-state index contributed by atoms with van der Waals surface area (Å²) in [7, 11) is -3.63. The Balaban J connectivity index is 3.14. The van der Waals surface area contributed by atoms with Crippen LogP contribution in [-0.2, 0) is 19.8 Å². The first kappa shape index (κ1) is 17.9. The normalized spacial score (nSPS) is 12.7. The summed E-state index contributed by atoms with van der Waals surface area (Å²) in [5, 5.41) is 0. The topological polar surface area (TPSA) is 65.7 Å². The highest BCUT2D eigenvalue weighted by Gasteiger charge is 2.43. The van der Waals surface area contributed by atoms with Gasteiger partial charge in [-0.25, -0.2) is 0 Å². The van der Waals surface area contributed by atoms with Gasteiger partial charge in [0.15, 0.2) is 5.76 Å². The van der Waals surface area contributed by atoms with E-state index in [1.807, 2.05) is 0 Å². The molecule has 0 radical (unpaired) electrons. The van der Waals surface area contributed by atoms with E-state index < -0.39 is 31.5 Å². The van der Waals surface area contributed by atoms with Gasteiger partial charge in [-0.2, -0.15) is 13.2 Å². The summed E-state index contributed by atoms with van der Waals surface area (Å²) < 4.78 is 64.7. The zero-order valence-electron chi connectivity index (χ0n) is 11.8. The number of halogens is 3. The van der Waals surface area contributed by atoms with Crippen LogP contribution in [0.1, 0.15) is 35.7 Å². The molecular formula is C12H16F3O5P. The van der Waals surface area contributed by atoms with E-state index in [4.69, 9.17) is 13.5 Å². The molecule has 0 aromatic carbocycles. The van der Waals surface area contributed by atoms with Crippen LogP contribution in [0.2, 0.25) is 0 Å². The van der Waals surface area contributed by atoms with Gasteiger partial charge in [-0.1, -0.05) is 0 Å². The summed E-state index contributed by atoms with van der Waals surface area (Å²) in [6.45, 7) is 4.68. The summed E-state index contributed by atoms with van der Waals surface area (Å²) in [4.78, 5) is 11.3. The van der Waals surface area contributed by atoms with Crippen LogP contribution in [0.15, 0.2) is 10.5 Å². The van der Waals surface area contributed by atoms with Crippen molar-refractivity contribution in [3.63, 3.8) is 0 Å². The first-order chi connectivity index (χ1) is 9.63. The third kappa shape index (κ3) is 4.69. The largest absolute Gasteiger partial charge is 0.458 e. The van der Waals surface area contributed by atoms with Crippen molar-refractivity contribution in [2.24, 2.45) is 0 Å². The van der Waals surface area contributed by atoms with Gasteiger partial charge in [-0.05, 0) is 26.8 Å². The van der Waals surface area contributed by atoms with Crippen molar-refractivity contribution < 1.29 is 36.0 Å². The van der Waals surface area contributed by atoms with E-state index in [9.17, 15) is 22.5 Å². The second kappa shape index (κ2) is 6.77. The van der Waals surface area contributed by atoms with E-state index in [-0.39, 0.29) is 24.5 Å². The van der Waals surface area contributed by atoms with Gasteiger partial charge in [-0.3, -0.25) is 9.36 Å². The highest BCUT2D eigenvalue weighted by Crippen LogP contribution is 2.52. The van der Waals surface area contributed by atoms with Gasteiger partial charge in [-0.15, -0.1) is 0 Å². The first-order valence-electron chi connectivity index (χ1n) is 6.22. The molecule has 0 saturated carbocycles. The van der Waals surface area contributed by atoms with Gasteiger partial charge in [0, 0.05) is 5.56 Å². The van der Waals surface area contributed by atoms with Crippen LogP contribution in [0.25, 0.3) is 0 Å². The highest BCUT2D eigenvalue weighted by molar-refractivity contribution is 7.53. The molecule has 0 aliphatic heterocycles. The van der Waals surface area contributed by atoms with Crippen LogP contribution in [0.5, 0.6) is 0 Å². The maximum Gasteiger partial charge on any atom is 0.458 e. The molecule has 0 aliphatic rings. The number of rotatable bonds is 7. The number of alkyl halides is 3. The molecule has 1 aromatic heterocycles. The SMILES string of the molecule is CCOP(=O)(Cc1cc(C)oc1C(=O)C(F)(F)F)OCC. The van der Waals surface area contributed by atoms with Crippen molar-refractivity contribution >= 4 is 13.4 Å². The van der Waals surface area contributed by atoms with E-state index in [0.29, 0.717) is 0 Å². The minimum Gasteiger partial charge on any atom is -0.458 e. The van der Waals surface area contributed by atoms with Crippen LogP contribution >= 0.6 is 7.60 Å². The van der Waals surface area contributed by atoms with Crippen molar-refractivity contribution in [3.8, 4) is 0 Å². The average Bonchev–Trinajstić information content (AvgIpc) is 2.67. The minimum absolute atomic E-state index is 0.0661. The van der Waals surface area contributed by atoms with Gasteiger partial charge in [0.2, 0.25) is 0 Å². The van der Waals surface area contributed by atoms with Gasteiger partial charge < -0.3 is 13.5 Å². The number of ketones is 1. The Labute approximate surface area is 119 Å². The Kier molecular flexibility index (Phi) is 5.78. The van der Waals surface area contributed by atoms with E-state index >= 15 is 0 Å². The summed E-state index contributed by atoms with van der Waals surface area (Å²) in [5.41, 5.74) is -0.139. The number of carbonyl (C=O) groups is 1. The molecular weight excluding hydrogens is 312 g/mol. The number of aryl methyl sites for hydroxylation is 1. The van der Waals surface area contributed by atoms with Crippen LogP contribution in [0.4, 0.5) is 13.2 Å². The quantitative estimate of drug-likeness (QED) is 0.557. The fourth-order valence-corrected chi connectivity index (χ4v) is 3.43. The number of hydrogen-bond acceptors (Lipinski definition) is 5. The Morgan fingerprint density at radius 3 is 2.24 bits per heavy atom. The molecule has 0 atom stereocenters. The summed E-state index contributed by atoms with van der Waals surface area (Å²) in [6.07, 6.45) is -5.52. The summed E-state index contributed by atoms with van der Waals surface area (Å²) >= 11 is 0. The molecule has 0 N–H and O–H groups in total. The van der Waals surface area contributed by atoms with E-state index in [1.165, 1.54) is 13.0 Å². The number of furan rings is 1. The standard InChI is InChI=1S/C12H16F3O5P/c1-4-18-21(17,19-5-2)7-9-6-8(3)20-10(9)11(16)12(13,14)15/h6H,4-5,7H2,1-3H3. The fraction of sp³-hybridized carbons (Fsp3) is 0.583. The zero-order chi connectivity index (χ0) is 16.3.